The lowest BCUT2D eigenvalue weighted by Gasteiger charge is -2.17. The molecule has 0 saturated carbocycles. The lowest BCUT2D eigenvalue weighted by molar-refractivity contribution is 0.0969. The molecule has 1 aromatic heterocycles. The molecular formula is C13H14N4O. The van der Waals surface area contributed by atoms with Gasteiger partial charge in [0.15, 0.2) is 0 Å². The average molecular weight is 242 g/mol. The summed E-state index contributed by atoms with van der Waals surface area (Å²) in [6, 6.07) is 8.12. The van der Waals surface area contributed by atoms with E-state index >= 15 is 0 Å². The first-order chi connectivity index (χ1) is 8.81. The van der Waals surface area contributed by atoms with Gasteiger partial charge in [0.05, 0.1) is 5.52 Å². The number of rotatable bonds is 2. The minimum absolute atomic E-state index is 0.173. The van der Waals surface area contributed by atoms with Crippen molar-refractivity contribution in [3.8, 4) is 0 Å². The van der Waals surface area contributed by atoms with Gasteiger partial charge in [-0.2, -0.15) is 5.10 Å². The van der Waals surface area contributed by atoms with Crippen molar-refractivity contribution in [3.63, 3.8) is 0 Å². The molecule has 0 radical (unpaired) electrons. The third kappa shape index (κ3) is 1.55. The van der Waals surface area contributed by atoms with E-state index < -0.39 is 0 Å². The van der Waals surface area contributed by atoms with Crippen LogP contribution in [-0.4, -0.2) is 16.8 Å². The first-order valence-electron chi connectivity index (χ1n) is 5.95. The van der Waals surface area contributed by atoms with Gasteiger partial charge in [-0.25, -0.2) is 0 Å². The van der Waals surface area contributed by atoms with E-state index in [9.17, 15) is 4.79 Å². The summed E-state index contributed by atoms with van der Waals surface area (Å²) < 4.78 is 2.08. The fourth-order valence-electron chi connectivity index (χ4n) is 2.62. The van der Waals surface area contributed by atoms with Crippen molar-refractivity contribution in [2.24, 2.45) is 10.9 Å². The highest BCUT2D eigenvalue weighted by atomic mass is 16.1. The Morgan fingerprint density at radius 3 is 3.22 bits per heavy atom. The number of aryl methyl sites for hydroxylation is 2. The van der Waals surface area contributed by atoms with Gasteiger partial charge in [0.1, 0.15) is 12.0 Å². The Labute approximate surface area is 104 Å². The van der Waals surface area contributed by atoms with E-state index in [1.54, 1.807) is 0 Å². The molecule has 5 heteroatoms. The van der Waals surface area contributed by atoms with Crippen molar-refractivity contribution in [2.75, 3.05) is 0 Å². The van der Waals surface area contributed by atoms with Crippen LogP contribution in [0.25, 0.3) is 10.9 Å². The van der Waals surface area contributed by atoms with Gasteiger partial charge in [-0.15, -0.1) is 0 Å². The summed E-state index contributed by atoms with van der Waals surface area (Å²) in [5.41, 5.74) is 3.15. The third-order valence-electron chi connectivity index (χ3n) is 3.33. The number of nitrogens with two attached hydrogens (primary N) is 1. The molecule has 2 aromatic rings. The molecule has 5 nitrogen and oxygen atoms in total. The van der Waals surface area contributed by atoms with Gasteiger partial charge in [0.25, 0.3) is 5.91 Å². The van der Waals surface area contributed by atoms with E-state index in [4.69, 9.17) is 5.84 Å². The monoisotopic (exact) mass is 242 g/mol. The van der Waals surface area contributed by atoms with Gasteiger partial charge >= 0.3 is 0 Å². The Hall–Kier alpha value is -2.30. The van der Waals surface area contributed by atoms with Crippen LogP contribution in [0.4, 0.5) is 0 Å². The molecule has 0 spiro atoms. The molecule has 18 heavy (non-hydrogen) atoms. The minimum Gasteiger partial charge on any atom is -0.336 e. The maximum atomic E-state index is 12.0. The van der Waals surface area contributed by atoms with Gasteiger partial charge in [0.2, 0.25) is 0 Å². The molecule has 1 amide bonds. The number of para-hydroxylation sites is 1. The molecule has 3 rings (SSSR count). The quantitative estimate of drug-likeness (QED) is 0.360. The van der Waals surface area contributed by atoms with Gasteiger partial charge in [-0.1, -0.05) is 18.2 Å². The molecule has 0 bridgehead atoms. The van der Waals surface area contributed by atoms with E-state index in [0.717, 1.165) is 24.8 Å². The topological polar surface area (TPSA) is 72.4 Å². The predicted octanol–water partition coefficient (Wildman–Crippen LogP) is 1.22. The normalized spacial score (nSPS) is 14.2. The molecule has 2 heterocycles. The van der Waals surface area contributed by atoms with Crippen LogP contribution in [0.15, 0.2) is 29.4 Å². The van der Waals surface area contributed by atoms with Crippen molar-refractivity contribution in [2.45, 2.75) is 19.4 Å². The fourth-order valence-corrected chi connectivity index (χ4v) is 2.62. The van der Waals surface area contributed by atoms with Crippen molar-refractivity contribution in [1.29, 1.82) is 0 Å². The Balaban J connectivity index is 2.14. The van der Waals surface area contributed by atoms with E-state index in [1.165, 1.54) is 17.4 Å². The largest absolute Gasteiger partial charge is 0.336 e. The maximum Gasteiger partial charge on any atom is 0.273 e. The molecule has 1 aliphatic rings. The lowest BCUT2D eigenvalue weighted by atomic mass is 10.0. The molecule has 0 atom stereocenters. The van der Waals surface area contributed by atoms with Crippen molar-refractivity contribution < 1.29 is 4.79 Å². The number of nitrogens with zero attached hydrogens (tertiary/aromatic N) is 2. The molecule has 0 unspecified atom stereocenters. The molecule has 1 aromatic carbocycles. The summed E-state index contributed by atoms with van der Waals surface area (Å²) in [5.74, 6) is 4.81. The second-order valence-electron chi connectivity index (χ2n) is 4.39. The van der Waals surface area contributed by atoms with Crippen molar-refractivity contribution in [3.05, 3.63) is 35.5 Å². The van der Waals surface area contributed by atoms with Crippen LogP contribution in [0.2, 0.25) is 0 Å². The van der Waals surface area contributed by atoms with Crippen LogP contribution in [0.5, 0.6) is 0 Å². The van der Waals surface area contributed by atoms with Crippen molar-refractivity contribution >= 4 is 23.1 Å². The Morgan fingerprint density at radius 1 is 1.50 bits per heavy atom. The highest BCUT2D eigenvalue weighted by Gasteiger charge is 2.19. The number of carbonyl (C=O) groups is 1. The van der Waals surface area contributed by atoms with Crippen LogP contribution < -0.4 is 11.2 Å². The second kappa shape index (κ2) is 4.18. The zero-order chi connectivity index (χ0) is 12.5. The lowest BCUT2D eigenvalue weighted by Crippen LogP contribution is -2.25. The number of benzene rings is 1. The summed E-state index contributed by atoms with van der Waals surface area (Å²) in [6.45, 7) is 0.878. The number of hydrogen-bond acceptors (Lipinski definition) is 3. The molecular weight excluding hydrogens is 228 g/mol. The highest BCUT2D eigenvalue weighted by Crippen LogP contribution is 2.28. The van der Waals surface area contributed by atoms with Crippen LogP contribution >= 0.6 is 0 Å². The van der Waals surface area contributed by atoms with Crippen molar-refractivity contribution in [1.82, 2.24) is 9.88 Å². The van der Waals surface area contributed by atoms with E-state index in [-0.39, 0.29) is 5.91 Å². The Bertz CT molecular complexity index is 642. The Kier molecular flexibility index (Phi) is 2.51. The minimum atomic E-state index is -0.173. The van der Waals surface area contributed by atoms with Gasteiger partial charge in [-0.3, -0.25) is 4.79 Å². The number of carbonyl (C=O) groups excluding carboxylic acids is 1. The van der Waals surface area contributed by atoms with Crippen LogP contribution in [0, 0.1) is 0 Å². The van der Waals surface area contributed by atoms with E-state index in [1.807, 2.05) is 18.2 Å². The summed E-state index contributed by atoms with van der Waals surface area (Å²) in [6.07, 6.45) is 3.34. The standard InChI is InChI=1S/C13H14N4O/c14-16-8-15-13(18)11-7-10-4-1-3-9-5-2-6-17(11)12(9)10/h1,3-4,7-8H,2,5-6,14H2,(H,15,16,18). The highest BCUT2D eigenvalue weighted by molar-refractivity contribution is 6.03. The van der Waals surface area contributed by atoms with E-state index in [2.05, 4.69) is 21.1 Å². The molecule has 3 N–H and O–H groups in total. The summed E-state index contributed by atoms with van der Waals surface area (Å²) in [5, 5.41) is 6.94. The predicted molar refractivity (Wildman–Crippen MR) is 70.4 cm³/mol. The zero-order valence-corrected chi connectivity index (χ0v) is 9.89. The van der Waals surface area contributed by atoms with Gasteiger partial charge in [-0.05, 0) is 24.5 Å². The third-order valence-corrected chi connectivity index (χ3v) is 3.33. The first-order valence-corrected chi connectivity index (χ1v) is 5.95. The zero-order valence-electron chi connectivity index (χ0n) is 9.89. The molecule has 92 valence electrons. The molecule has 0 aliphatic carbocycles. The second-order valence-corrected chi connectivity index (χ2v) is 4.39. The van der Waals surface area contributed by atoms with E-state index in [0.29, 0.717) is 5.69 Å². The summed E-state index contributed by atoms with van der Waals surface area (Å²) in [7, 11) is 0. The number of hydrazone groups is 1. The number of hydrogen-bond donors (Lipinski definition) is 2. The van der Waals surface area contributed by atoms with Crippen LogP contribution in [0.3, 0.4) is 0 Å². The Morgan fingerprint density at radius 2 is 2.39 bits per heavy atom. The number of aromatic nitrogens is 1. The smallest absolute Gasteiger partial charge is 0.273 e. The molecule has 1 aliphatic heterocycles. The number of nitrogens with one attached hydrogen (secondary N) is 1. The summed E-state index contributed by atoms with van der Waals surface area (Å²) >= 11 is 0. The van der Waals surface area contributed by atoms with Crippen LogP contribution in [-0.2, 0) is 13.0 Å². The number of amides is 1. The molecule has 0 saturated heterocycles. The molecule has 0 fully saturated rings. The SMILES string of the molecule is NN=CNC(=O)c1cc2cccc3c2n1CCC3. The first kappa shape index (κ1) is 10.8. The summed E-state index contributed by atoms with van der Waals surface area (Å²) in [4.78, 5) is 12.0. The fraction of sp³-hybridized carbons (Fsp3) is 0.231. The maximum absolute atomic E-state index is 12.0. The average Bonchev–Trinajstić information content (AvgIpc) is 2.78. The van der Waals surface area contributed by atoms with Gasteiger partial charge < -0.3 is 15.7 Å². The van der Waals surface area contributed by atoms with Gasteiger partial charge in [0, 0.05) is 11.9 Å². The van der Waals surface area contributed by atoms with Crippen LogP contribution in [0.1, 0.15) is 22.5 Å².